The molecule has 0 spiro atoms. The zero-order chi connectivity index (χ0) is 32.6. The fourth-order valence-electron chi connectivity index (χ4n) is 10.1. The van der Waals surface area contributed by atoms with Crippen molar-refractivity contribution < 1.29 is 12.3 Å². The molecule has 0 N–H and O–H groups in total. The average Bonchev–Trinajstić information content (AvgIpc) is 2.99. The molecule has 9 unspecified atom stereocenters. The topological polar surface area (TPSA) is 0 Å². The zero-order valence-corrected chi connectivity index (χ0v) is 37.3. The second-order valence-electron chi connectivity index (χ2n) is 14.7. The van der Waals surface area contributed by atoms with E-state index in [0.717, 1.165) is 50.9 Å². The molecule has 0 radical (unpaired) electrons. The molecule has 0 aromatic rings. The third-order valence-electron chi connectivity index (χ3n) is 13.5. The van der Waals surface area contributed by atoms with E-state index in [1.807, 2.05) is 0 Å². The van der Waals surface area contributed by atoms with E-state index in [1.165, 1.54) is 57.8 Å². The fourth-order valence-corrected chi connectivity index (χ4v) is 188. The Bertz CT molecular complexity index is 557. The molecule has 0 nitrogen and oxygen atoms in total. The van der Waals surface area contributed by atoms with E-state index in [4.69, 9.17) is 0 Å². The number of hydrogen-bond donors (Lipinski definition) is 0. The maximum atomic E-state index is 9.93. The first-order valence-electron chi connectivity index (χ1n) is 18.5. The Morgan fingerprint density at radius 3 is 0.488 bits per heavy atom. The molecule has 258 valence electrons. The van der Waals surface area contributed by atoms with E-state index >= 15 is 0 Å². The quantitative estimate of drug-likeness (QED) is 0.0811. The van der Waals surface area contributed by atoms with E-state index in [9.17, 15) is 9.69 Å². The Kier molecular flexibility index (Phi) is 19.5. The van der Waals surface area contributed by atoms with Crippen LogP contribution in [0.3, 0.4) is 0 Å². The van der Waals surface area contributed by atoms with Gasteiger partial charge in [-0.2, -0.15) is 0 Å². The molecule has 0 fully saturated rings. The van der Waals surface area contributed by atoms with Crippen LogP contribution in [0, 0.1) is 0 Å². The van der Waals surface area contributed by atoms with Crippen LogP contribution in [0.2, 0.25) is 0 Å². The molecule has 0 aromatic carbocycles. The van der Waals surface area contributed by atoms with Crippen molar-refractivity contribution in [3.63, 3.8) is 0 Å². The molecule has 0 aliphatic carbocycles. The summed E-state index contributed by atoms with van der Waals surface area (Å²) in [6.07, 6.45) is 12.1. The van der Waals surface area contributed by atoms with Crippen molar-refractivity contribution in [3.05, 3.63) is 0 Å². The van der Waals surface area contributed by atoms with Gasteiger partial charge in [0.25, 0.3) is 0 Å². The Labute approximate surface area is 270 Å². The summed E-state index contributed by atoms with van der Waals surface area (Å²) in [6, 6.07) is 0. The summed E-state index contributed by atoms with van der Waals surface area (Å²) < 4.78 is 0. The third kappa shape index (κ3) is 6.66. The third-order valence-corrected chi connectivity index (χ3v) is 120. The van der Waals surface area contributed by atoms with Crippen LogP contribution in [-0.2, 0) is 12.3 Å². The van der Waals surface area contributed by atoms with Gasteiger partial charge in [0.05, 0.1) is 0 Å². The number of hydrogen-bond acceptors (Lipinski definition) is 0. The molecule has 0 aromatic heterocycles. The fraction of sp³-hybridized carbons (Fsp3) is 1.00. The predicted octanol–water partition coefficient (Wildman–Crippen LogP) is 14.5. The zero-order valence-electron chi connectivity index (χ0n) is 31.8. The minimum atomic E-state index is -3.01. The van der Waals surface area contributed by atoms with E-state index in [1.54, 1.807) is 0 Å². The molecule has 0 heterocycles. The van der Waals surface area contributed by atoms with Gasteiger partial charge in [-0.25, -0.2) is 0 Å². The monoisotopic (exact) mass is 746 g/mol. The summed E-state index contributed by atoms with van der Waals surface area (Å²) in [5, 5.41) is 0. The van der Waals surface area contributed by atoms with Gasteiger partial charge in [-0.3, -0.25) is 0 Å². The van der Waals surface area contributed by atoms with Gasteiger partial charge in [0.1, 0.15) is 0 Å². The first-order chi connectivity index (χ1) is 19.1. The Morgan fingerprint density at radius 2 is 0.415 bits per heavy atom. The van der Waals surface area contributed by atoms with Crippen LogP contribution in [0.5, 0.6) is 0 Å². The molecule has 5 heteroatoms. The molecule has 0 saturated carbocycles. The van der Waals surface area contributed by atoms with Crippen molar-refractivity contribution >= 4 is 26.5 Å². The average molecular weight is 747 g/mol. The summed E-state index contributed by atoms with van der Waals surface area (Å²) >= 11 is -3.01. The SMILES string of the molecule is CCC(C)[PH](C(C)CC)(C(C)CC)[Ru]([Cl])([PH](C(C)CC)(C(C)CC)C(C)CC)[PH](C(C)CC)(C(C)CC)C(C)CC. The van der Waals surface area contributed by atoms with Gasteiger partial charge in [-0.15, -0.1) is 0 Å². The van der Waals surface area contributed by atoms with Gasteiger partial charge in [0, 0.05) is 0 Å². The van der Waals surface area contributed by atoms with Crippen molar-refractivity contribution in [1.82, 2.24) is 0 Å². The number of halogens is 1. The molecular formula is C36H84ClP3Ru. The minimum absolute atomic E-state index is 0.824. The van der Waals surface area contributed by atoms with Crippen molar-refractivity contribution in [2.75, 3.05) is 0 Å². The maximum absolute atomic E-state index is 9.93. The summed E-state index contributed by atoms with van der Waals surface area (Å²) in [4.78, 5) is 0. The summed E-state index contributed by atoms with van der Waals surface area (Å²) in [5.41, 5.74) is 1.28. The van der Waals surface area contributed by atoms with E-state index in [2.05, 4.69) is 125 Å². The molecule has 0 rings (SSSR count). The van der Waals surface area contributed by atoms with Crippen LogP contribution >= 0.6 is 26.5 Å². The van der Waals surface area contributed by atoms with Crippen LogP contribution in [0.25, 0.3) is 0 Å². The van der Waals surface area contributed by atoms with Crippen molar-refractivity contribution in [2.45, 2.75) is 233 Å². The summed E-state index contributed by atoms with van der Waals surface area (Å²) in [7, 11) is 9.93. The summed E-state index contributed by atoms with van der Waals surface area (Å²) in [5.74, 6) is 0. The van der Waals surface area contributed by atoms with Crippen molar-refractivity contribution in [3.8, 4) is 0 Å². The van der Waals surface area contributed by atoms with Crippen LogP contribution in [0.4, 0.5) is 0 Å². The predicted molar refractivity (Wildman–Crippen MR) is 209 cm³/mol. The van der Waals surface area contributed by atoms with Crippen molar-refractivity contribution in [1.29, 1.82) is 0 Å². The molecular weight excluding hydrogens is 662 g/mol. The Balaban J connectivity index is 9.55. The first kappa shape index (κ1) is 43.2. The van der Waals surface area contributed by atoms with Gasteiger partial charge in [0.15, 0.2) is 0 Å². The van der Waals surface area contributed by atoms with Gasteiger partial charge in [0.2, 0.25) is 0 Å². The van der Waals surface area contributed by atoms with Gasteiger partial charge >= 0.3 is 272 Å². The van der Waals surface area contributed by atoms with Crippen LogP contribution in [0.1, 0.15) is 182 Å². The molecule has 0 saturated heterocycles. The molecule has 0 aliphatic heterocycles. The second-order valence-corrected chi connectivity index (χ2v) is 66.2. The van der Waals surface area contributed by atoms with E-state index < -0.39 is 29.1 Å². The van der Waals surface area contributed by atoms with Gasteiger partial charge < -0.3 is 0 Å². The van der Waals surface area contributed by atoms with E-state index in [-0.39, 0.29) is 0 Å². The Hall–Kier alpha value is 2.20. The first-order valence-corrected chi connectivity index (χ1v) is 34.8. The summed E-state index contributed by atoms with van der Waals surface area (Å²) in [6.45, 7) is 48.0. The van der Waals surface area contributed by atoms with Crippen LogP contribution in [-0.4, -0.2) is 50.9 Å². The van der Waals surface area contributed by atoms with Crippen molar-refractivity contribution in [2.24, 2.45) is 0 Å². The molecule has 41 heavy (non-hydrogen) atoms. The standard InChI is InChI=1S/3C12H27P.ClH.Ru/c3*1-7-10(4)13(11(5)8-2)12(6)9-3;;/h3*10-12H,7-9H2,1-6H3;1H;/q;;;;-2/p+2. The van der Waals surface area contributed by atoms with Gasteiger partial charge in [-0.05, 0) is 0 Å². The molecule has 9 atom stereocenters. The normalized spacial score (nSPS) is 23.7. The number of rotatable bonds is 21. The van der Waals surface area contributed by atoms with E-state index in [0.29, 0.717) is 0 Å². The molecule has 0 bridgehead atoms. The molecule has 0 amide bonds. The van der Waals surface area contributed by atoms with Crippen LogP contribution < -0.4 is 0 Å². The molecule has 0 aliphatic rings. The second kappa shape index (κ2) is 18.5. The van der Waals surface area contributed by atoms with Gasteiger partial charge in [-0.1, -0.05) is 0 Å². The Morgan fingerprint density at radius 1 is 0.317 bits per heavy atom. The van der Waals surface area contributed by atoms with Crippen LogP contribution in [0.15, 0.2) is 0 Å².